The van der Waals surface area contributed by atoms with Gasteiger partial charge in [-0.15, -0.1) is 13.2 Å². The molecular weight excluding hydrogens is 479 g/mol. The highest BCUT2D eigenvalue weighted by Gasteiger charge is 2.43. The summed E-state index contributed by atoms with van der Waals surface area (Å²) < 4.78 is 48.8. The van der Waals surface area contributed by atoms with Crippen molar-refractivity contribution in [2.45, 2.75) is 32.7 Å². The number of carbonyl (C=O) groups excluding carboxylic acids is 1. The van der Waals surface area contributed by atoms with E-state index >= 15 is 0 Å². The number of ether oxygens (including phenoxy) is 2. The summed E-state index contributed by atoms with van der Waals surface area (Å²) in [6, 6.07) is 14.7. The van der Waals surface area contributed by atoms with Gasteiger partial charge >= 0.3 is 12.3 Å². The predicted molar refractivity (Wildman–Crippen MR) is 125 cm³/mol. The van der Waals surface area contributed by atoms with Crippen LogP contribution in [0.3, 0.4) is 0 Å². The molecular formula is C25H26F3N3O5. The van der Waals surface area contributed by atoms with Gasteiger partial charge in [0.25, 0.3) is 5.70 Å². The Morgan fingerprint density at radius 2 is 1.72 bits per heavy atom. The largest absolute Gasteiger partial charge is 0.573 e. The third-order valence-electron chi connectivity index (χ3n) is 5.60. The van der Waals surface area contributed by atoms with Gasteiger partial charge in [0, 0.05) is 24.4 Å². The Morgan fingerprint density at radius 1 is 1.08 bits per heavy atom. The number of hydrogen-bond acceptors (Lipinski definition) is 7. The van der Waals surface area contributed by atoms with Crippen molar-refractivity contribution in [1.82, 2.24) is 10.2 Å². The maximum absolute atomic E-state index is 13.2. The Labute approximate surface area is 206 Å². The Kier molecular flexibility index (Phi) is 8.36. The summed E-state index contributed by atoms with van der Waals surface area (Å²) in [5, 5.41) is 14.7. The van der Waals surface area contributed by atoms with Crippen molar-refractivity contribution in [3.8, 4) is 5.75 Å². The van der Waals surface area contributed by atoms with E-state index in [1.54, 1.807) is 0 Å². The summed E-state index contributed by atoms with van der Waals surface area (Å²) >= 11 is 0. The Balaban J connectivity index is 1.86. The van der Waals surface area contributed by atoms with E-state index in [0.29, 0.717) is 13.1 Å². The molecule has 0 aliphatic carbocycles. The second-order valence-electron chi connectivity index (χ2n) is 8.31. The number of nitrogens with one attached hydrogen (secondary N) is 1. The molecule has 1 unspecified atom stereocenters. The van der Waals surface area contributed by atoms with Crippen molar-refractivity contribution < 1.29 is 32.4 Å². The molecule has 8 nitrogen and oxygen atoms in total. The van der Waals surface area contributed by atoms with Crippen LogP contribution in [0.4, 0.5) is 13.2 Å². The number of likely N-dealkylation sites (N-methyl/N-ethyl adjacent to an activating group) is 1. The molecule has 0 saturated carbocycles. The van der Waals surface area contributed by atoms with Gasteiger partial charge in [0.05, 0.1) is 16.2 Å². The molecule has 0 bridgehead atoms. The van der Waals surface area contributed by atoms with Crippen molar-refractivity contribution in [1.29, 1.82) is 0 Å². The van der Waals surface area contributed by atoms with Gasteiger partial charge in [-0.25, -0.2) is 4.79 Å². The summed E-state index contributed by atoms with van der Waals surface area (Å²) in [4.78, 5) is 26.3. The van der Waals surface area contributed by atoms with Crippen LogP contribution in [-0.2, 0) is 16.1 Å². The molecule has 1 heterocycles. The van der Waals surface area contributed by atoms with Gasteiger partial charge in [0.1, 0.15) is 18.3 Å². The highest BCUT2D eigenvalue weighted by molar-refractivity contribution is 5.92. The Morgan fingerprint density at radius 3 is 2.36 bits per heavy atom. The predicted octanol–water partition coefficient (Wildman–Crippen LogP) is 4.73. The van der Waals surface area contributed by atoms with E-state index in [1.165, 1.54) is 32.0 Å². The first-order valence-corrected chi connectivity index (χ1v) is 11.0. The highest BCUT2D eigenvalue weighted by atomic mass is 19.4. The van der Waals surface area contributed by atoms with Crippen molar-refractivity contribution in [3.05, 3.63) is 98.5 Å². The van der Waals surface area contributed by atoms with E-state index in [4.69, 9.17) is 4.74 Å². The minimum absolute atomic E-state index is 0.0249. The average molecular weight is 505 g/mol. The standard InChI is InChI=1S/C25H26F3N3O5/c1-16-21(24(32)35-14-13-30(3)15-18-9-5-4-6-10-18)22(23(31(33)34)17(2)29-16)19-11-7-8-12-20(19)36-25(26,27)28/h4-12,22,29H,13-15H2,1-3H3. The number of allylic oxidation sites excluding steroid dienone is 3. The second kappa shape index (κ2) is 11.3. The lowest BCUT2D eigenvalue weighted by molar-refractivity contribution is -0.431. The molecule has 11 heteroatoms. The number of halogens is 3. The Bertz CT molecular complexity index is 1180. The lowest BCUT2D eigenvalue weighted by Gasteiger charge is -2.28. The molecule has 1 N–H and O–H groups in total. The van der Waals surface area contributed by atoms with E-state index < -0.39 is 34.6 Å². The maximum atomic E-state index is 13.2. The molecule has 2 aromatic rings. The first kappa shape index (κ1) is 26.7. The summed E-state index contributed by atoms with van der Waals surface area (Å²) in [7, 11) is 1.85. The van der Waals surface area contributed by atoms with Gasteiger partial charge in [0.2, 0.25) is 0 Å². The van der Waals surface area contributed by atoms with Gasteiger partial charge in [-0.3, -0.25) is 15.0 Å². The fraction of sp³-hybridized carbons (Fsp3) is 0.320. The van der Waals surface area contributed by atoms with Crippen LogP contribution in [0.5, 0.6) is 5.75 Å². The van der Waals surface area contributed by atoms with E-state index in [0.717, 1.165) is 11.6 Å². The third kappa shape index (κ3) is 6.63. The molecule has 0 radical (unpaired) electrons. The molecule has 1 aliphatic rings. The lowest BCUT2D eigenvalue weighted by Crippen LogP contribution is -2.33. The van der Waals surface area contributed by atoms with E-state index in [1.807, 2.05) is 42.3 Å². The molecule has 1 atom stereocenters. The van der Waals surface area contributed by atoms with Crippen LogP contribution in [0.25, 0.3) is 0 Å². The van der Waals surface area contributed by atoms with Gasteiger partial charge < -0.3 is 14.8 Å². The van der Waals surface area contributed by atoms with Crippen LogP contribution in [-0.4, -0.2) is 42.4 Å². The number of alkyl halides is 3. The third-order valence-corrected chi connectivity index (χ3v) is 5.60. The molecule has 192 valence electrons. The van der Waals surface area contributed by atoms with E-state index in [9.17, 15) is 28.1 Å². The number of benzene rings is 2. The quantitative estimate of drug-likeness (QED) is 0.299. The van der Waals surface area contributed by atoms with Gasteiger partial charge in [-0.1, -0.05) is 48.5 Å². The highest BCUT2D eigenvalue weighted by Crippen LogP contribution is 2.43. The first-order valence-electron chi connectivity index (χ1n) is 11.0. The van der Waals surface area contributed by atoms with Gasteiger partial charge in [-0.2, -0.15) is 0 Å². The summed E-state index contributed by atoms with van der Waals surface area (Å²) in [5.41, 5.74) is 0.619. The summed E-state index contributed by atoms with van der Waals surface area (Å²) in [6.45, 7) is 3.89. The van der Waals surface area contributed by atoms with Crippen molar-refractivity contribution >= 4 is 5.97 Å². The minimum atomic E-state index is -5.03. The number of dihydropyridines is 1. The number of esters is 1. The molecule has 1 aliphatic heterocycles. The number of nitrogens with zero attached hydrogens (tertiary/aromatic N) is 2. The lowest BCUT2D eigenvalue weighted by atomic mass is 9.83. The van der Waals surface area contributed by atoms with Crippen LogP contribution >= 0.6 is 0 Å². The molecule has 0 spiro atoms. The second-order valence-corrected chi connectivity index (χ2v) is 8.31. The first-order chi connectivity index (χ1) is 17.0. The van der Waals surface area contributed by atoms with Crippen LogP contribution in [0.2, 0.25) is 0 Å². The molecule has 0 fully saturated rings. The number of hydrogen-bond donors (Lipinski definition) is 1. The zero-order valence-corrected chi connectivity index (χ0v) is 20.0. The topological polar surface area (TPSA) is 93.9 Å². The fourth-order valence-electron chi connectivity index (χ4n) is 4.08. The number of para-hydroxylation sites is 1. The van der Waals surface area contributed by atoms with Gasteiger partial charge in [-0.05, 0) is 32.5 Å². The van der Waals surface area contributed by atoms with E-state index in [2.05, 4.69) is 10.1 Å². The van der Waals surface area contributed by atoms with Crippen LogP contribution < -0.4 is 10.1 Å². The summed E-state index contributed by atoms with van der Waals surface area (Å²) in [6.07, 6.45) is -5.03. The monoisotopic (exact) mass is 505 g/mol. The fourth-order valence-corrected chi connectivity index (χ4v) is 4.08. The molecule has 0 aromatic heterocycles. The Hall–Kier alpha value is -3.86. The van der Waals surface area contributed by atoms with Crippen molar-refractivity contribution in [3.63, 3.8) is 0 Å². The molecule has 0 saturated heterocycles. The number of rotatable bonds is 9. The zero-order chi connectivity index (χ0) is 26.5. The maximum Gasteiger partial charge on any atom is 0.573 e. The molecule has 0 amide bonds. The molecule has 2 aromatic carbocycles. The smallest absolute Gasteiger partial charge is 0.461 e. The molecule has 36 heavy (non-hydrogen) atoms. The normalized spacial score (nSPS) is 16.1. The summed E-state index contributed by atoms with van der Waals surface area (Å²) in [5.74, 6) is -2.94. The number of nitro groups is 1. The van der Waals surface area contributed by atoms with Crippen LogP contribution in [0, 0.1) is 10.1 Å². The van der Waals surface area contributed by atoms with Crippen LogP contribution in [0.15, 0.2) is 77.3 Å². The van der Waals surface area contributed by atoms with Crippen LogP contribution in [0.1, 0.15) is 30.9 Å². The average Bonchev–Trinajstić information content (AvgIpc) is 2.78. The minimum Gasteiger partial charge on any atom is -0.461 e. The molecule has 3 rings (SSSR count). The van der Waals surface area contributed by atoms with Crippen molar-refractivity contribution in [2.24, 2.45) is 0 Å². The SMILES string of the molecule is CC1=C(C(=O)OCCN(C)Cc2ccccc2)C(c2ccccc2OC(F)(F)F)C([N+](=O)[O-])=C(C)N1. The zero-order valence-electron chi connectivity index (χ0n) is 20.0. The van der Waals surface area contributed by atoms with Crippen molar-refractivity contribution in [2.75, 3.05) is 20.2 Å². The van der Waals surface area contributed by atoms with E-state index in [-0.39, 0.29) is 29.1 Å². The van der Waals surface area contributed by atoms with Gasteiger partial charge in [0.15, 0.2) is 0 Å². The number of carbonyl (C=O) groups is 1.